The summed E-state index contributed by atoms with van der Waals surface area (Å²) in [4.78, 5) is 34.4. The lowest BCUT2D eigenvalue weighted by Gasteiger charge is -2.04. The Morgan fingerprint density at radius 3 is 2.44 bits per heavy atom. The number of nitrogens with zero attached hydrogens (tertiary/aromatic N) is 1. The zero-order valence-corrected chi connectivity index (χ0v) is 9.84. The maximum Gasteiger partial charge on any atom is 0.265 e. The minimum atomic E-state index is -0.411. The number of hydrogen-bond donors (Lipinski definition) is 1. The van der Waals surface area contributed by atoms with Gasteiger partial charge in [-0.1, -0.05) is 29.8 Å². The van der Waals surface area contributed by atoms with Crippen molar-refractivity contribution in [1.29, 1.82) is 0 Å². The Morgan fingerprint density at radius 2 is 1.78 bits per heavy atom. The summed E-state index contributed by atoms with van der Waals surface area (Å²) in [5, 5.41) is 2.32. The molecular weight excluding hydrogens is 232 g/mol. The fourth-order valence-corrected chi connectivity index (χ4v) is 1.55. The van der Waals surface area contributed by atoms with Crippen molar-refractivity contribution in [3.05, 3.63) is 68.2 Å². The molecule has 0 spiro atoms. The zero-order valence-electron chi connectivity index (χ0n) is 9.84. The van der Waals surface area contributed by atoms with Gasteiger partial charge in [0, 0.05) is 17.7 Å². The highest BCUT2D eigenvalue weighted by atomic mass is 16.2. The van der Waals surface area contributed by atoms with Crippen molar-refractivity contribution in [2.45, 2.75) is 13.5 Å². The molecule has 0 aliphatic carbocycles. The number of aromatic nitrogens is 2. The number of aryl methyl sites for hydroxylation is 1. The normalized spacial score (nSPS) is 10.3. The van der Waals surface area contributed by atoms with E-state index in [0.717, 1.165) is 22.4 Å². The molecular formula is C13H12N2O3. The average molecular weight is 244 g/mol. The van der Waals surface area contributed by atoms with E-state index in [1.54, 1.807) is 12.1 Å². The predicted octanol–water partition coefficient (Wildman–Crippen LogP) is 0.728. The van der Waals surface area contributed by atoms with Crippen molar-refractivity contribution in [3.8, 4) is 0 Å². The minimum absolute atomic E-state index is 0.169. The number of hydrogen-bond acceptors (Lipinski definition) is 3. The van der Waals surface area contributed by atoms with Crippen LogP contribution in [0.2, 0.25) is 0 Å². The molecule has 0 aliphatic rings. The van der Waals surface area contributed by atoms with Gasteiger partial charge in [0.2, 0.25) is 0 Å². The molecule has 0 fully saturated rings. The molecule has 0 saturated carbocycles. The van der Waals surface area contributed by atoms with Crippen LogP contribution in [0.1, 0.15) is 15.9 Å². The van der Waals surface area contributed by atoms with E-state index in [0.29, 0.717) is 5.56 Å². The van der Waals surface area contributed by atoms with E-state index in [2.05, 4.69) is 5.10 Å². The lowest BCUT2D eigenvalue weighted by molar-refractivity contribution is 0.0965. The summed E-state index contributed by atoms with van der Waals surface area (Å²) in [6.45, 7) is 1.76. The molecule has 0 saturated heterocycles. The van der Waals surface area contributed by atoms with Crippen molar-refractivity contribution in [2.75, 3.05) is 0 Å². The molecule has 2 aromatic rings. The molecule has 18 heavy (non-hydrogen) atoms. The Bertz CT molecular complexity index is 680. The lowest BCUT2D eigenvalue weighted by atomic mass is 10.1. The van der Waals surface area contributed by atoms with Crippen molar-refractivity contribution in [3.63, 3.8) is 0 Å². The molecule has 1 heterocycles. The Morgan fingerprint density at radius 1 is 1.11 bits per heavy atom. The van der Waals surface area contributed by atoms with E-state index in [1.807, 2.05) is 19.1 Å². The molecule has 0 amide bonds. The van der Waals surface area contributed by atoms with Gasteiger partial charge < -0.3 is 0 Å². The molecule has 5 heteroatoms. The van der Waals surface area contributed by atoms with Crippen molar-refractivity contribution >= 4 is 5.78 Å². The molecule has 0 atom stereocenters. The van der Waals surface area contributed by atoms with Crippen LogP contribution < -0.4 is 11.1 Å². The molecule has 1 N–H and O–H groups in total. The summed E-state index contributed by atoms with van der Waals surface area (Å²) in [6.07, 6.45) is 0. The third-order valence-electron chi connectivity index (χ3n) is 2.56. The Balaban J connectivity index is 2.26. The van der Waals surface area contributed by atoms with Crippen LogP contribution in [0.5, 0.6) is 0 Å². The summed E-state index contributed by atoms with van der Waals surface area (Å²) in [5.74, 6) is -0.223. The molecule has 5 nitrogen and oxygen atoms in total. The first kappa shape index (κ1) is 12.0. The maximum atomic E-state index is 11.9. The van der Waals surface area contributed by atoms with Gasteiger partial charge >= 0.3 is 0 Å². The first-order valence-electron chi connectivity index (χ1n) is 5.46. The van der Waals surface area contributed by atoms with E-state index < -0.39 is 11.1 Å². The molecule has 1 aromatic carbocycles. The molecule has 1 aromatic heterocycles. The number of benzene rings is 1. The van der Waals surface area contributed by atoms with Crippen molar-refractivity contribution < 1.29 is 4.79 Å². The molecule has 0 bridgehead atoms. The zero-order chi connectivity index (χ0) is 13.1. The summed E-state index contributed by atoms with van der Waals surface area (Å²) >= 11 is 0. The molecule has 0 radical (unpaired) electrons. The van der Waals surface area contributed by atoms with Crippen LogP contribution in [-0.4, -0.2) is 15.6 Å². The predicted molar refractivity (Wildman–Crippen MR) is 66.8 cm³/mol. The first-order valence-corrected chi connectivity index (χ1v) is 5.46. The highest BCUT2D eigenvalue weighted by Crippen LogP contribution is 2.04. The third kappa shape index (κ3) is 2.63. The number of Topliss-reactive ketones (excluding diaryl/α,β-unsaturated/α-hetero) is 1. The number of H-pyrrole nitrogens is 1. The second-order valence-electron chi connectivity index (χ2n) is 4.02. The monoisotopic (exact) mass is 244 g/mol. The number of carbonyl (C=O) groups is 1. The highest BCUT2D eigenvalue weighted by molar-refractivity contribution is 5.95. The van der Waals surface area contributed by atoms with Gasteiger partial charge in [0.05, 0.1) is 0 Å². The standard InChI is InChI=1S/C13H12N2O3/c1-9-2-4-10(5-3-9)11(16)8-15-13(18)7-6-12(17)14-15/h2-7H,8H2,1H3,(H,14,17). The summed E-state index contributed by atoms with van der Waals surface area (Å²) in [6, 6.07) is 9.32. The smallest absolute Gasteiger partial charge is 0.265 e. The van der Waals surface area contributed by atoms with Gasteiger partial charge in [-0.2, -0.15) is 0 Å². The Hall–Kier alpha value is -2.43. The second-order valence-corrected chi connectivity index (χ2v) is 4.02. The van der Waals surface area contributed by atoms with Crippen molar-refractivity contribution in [1.82, 2.24) is 9.78 Å². The van der Waals surface area contributed by atoms with Gasteiger partial charge in [0.15, 0.2) is 5.78 Å². The Kier molecular flexibility index (Phi) is 3.23. The number of ketones is 1. The number of carbonyl (C=O) groups excluding carboxylic acids is 1. The van der Waals surface area contributed by atoms with Crippen LogP contribution in [-0.2, 0) is 6.54 Å². The third-order valence-corrected chi connectivity index (χ3v) is 2.56. The number of nitrogens with one attached hydrogen (secondary N) is 1. The Labute approximate surface area is 103 Å². The van der Waals surface area contributed by atoms with Crippen LogP contribution >= 0.6 is 0 Å². The van der Waals surface area contributed by atoms with E-state index in [9.17, 15) is 14.4 Å². The van der Waals surface area contributed by atoms with Crippen LogP contribution in [0.3, 0.4) is 0 Å². The molecule has 92 valence electrons. The highest BCUT2D eigenvalue weighted by Gasteiger charge is 2.07. The SMILES string of the molecule is Cc1ccc(C(=O)Cn2[nH]c(=O)ccc2=O)cc1. The van der Waals surface area contributed by atoms with E-state index >= 15 is 0 Å². The second kappa shape index (κ2) is 4.83. The number of aromatic amines is 1. The summed E-state index contributed by atoms with van der Waals surface area (Å²) in [5.41, 5.74) is 0.746. The summed E-state index contributed by atoms with van der Waals surface area (Å²) < 4.78 is 1.00. The maximum absolute atomic E-state index is 11.9. The largest absolute Gasteiger partial charge is 0.292 e. The van der Waals surface area contributed by atoms with Gasteiger partial charge in [0.25, 0.3) is 11.1 Å². The van der Waals surface area contributed by atoms with Crippen molar-refractivity contribution in [2.24, 2.45) is 0 Å². The topological polar surface area (TPSA) is 71.9 Å². The fourth-order valence-electron chi connectivity index (χ4n) is 1.55. The van der Waals surface area contributed by atoms with Crippen LogP contribution in [0.25, 0.3) is 0 Å². The number of rotatable bonds is 3. The molecule has 0 unspecified atom stereocenters. The van der Waals surface area contributed by atoms with Gasteiger partial charge in [-0.15, -0.1) is 0 Å². The van der Waals surface area contributed by atoms with E-state index in [-0.39, 0.29) is 12.3 Å². The van der Waals surface area contributed by atoms with E-state index in [1.165, 1.54) is 0 Å². The van der Waals surface area contributed by atoms with Gasteiger partial charge in [0.1, 0.15) is 6.54 Å². The molecule has 2 rings (SSSR count). The summed E-state index contributed by atoms with van der Waals surface area (Å²) in [7, 11) is 0. The van der Waals surface area contributed by atoms with Gasteiger partial charge in [-0.25, -0.2) is 4.68 Å². The van der Waals surface area contributed by atoms with Crippen LogP contribution in [0.15, 0.2) is 46.0 Å². The first-order chi connectivity index (χ1) is 8.56. The van der Waals surface area contributed by atoms with Crippen LogP contribution in [0, 0.1) is 6.92 Å². The average Bonchev–Trinajstić information content (AvgIpc) is 2.34. The minimum Gasteiger partial charge on any atom is -0.292 e. The molecule has 0 aliphatic heterocycles. The quantitative estimate of drug-likeness (QED) is 0.809. The van der Waals surface area contributed by atoms with Crippen LogP contribution in [0.4, 0.5) is 0 Å². The van der Waals surface area contributed by atoms with E-state index in [4.69, 9.17) is 0 Å². The van der Waals surface area contributed by atoms with Gasteiger partial charge in [-0.05, 0) is 6.92 Å². The van der Waals surface area contributed by atoms with Gasteiger partial charge in [-0.3, -0.25) is 19.5 Å². The lowest BCUT2D eigenvalue weighted by Crippen LogP contribution is -2.30. The fraction of sp³-hybridized carbons (Fsp3) is 0.154.